The lowest BCUT2D eigenvalue weighted by Gasteiger charge is -2.31. The number of rotatable bonds is 3. The number of benzene rings is 1. The third-order valence-corrected chi connectivity index (χ3v) is 4.14. The number of nitrogens with one attached hydrogen (secondary N) is 2. The maximum absolute atomic E-state index is 5.58. The molecule has 0 atom stereocenters. The number of aromatic amines is 1. The lowest BCUT2D eigenvalue weighted by atomic mass is 10.1. The Morgan fingerprint density at radius 2 is 2.05 bits per heavy atom. The molecule has 2 aromatic rings. The Kier molecular flexibility index (Phi) is 3.23. The van der Waals surface area contributed by atoms with Crippen LogP contribution >= 0.6 is 0 Å². The van der Waals surface area contributed by atoms with Crippen molar-refractivity contribution in [2.45, 2.75) is 6.54 Å². The van der Waals surface area contributed by atoms with Crippen LogP contribution in [-0.4, -0.2) is 48.2 Å². The van der Waals surface area contributed by atoms with Gasteiger partial charge in [-0.1, -0.05) is 0 Å². The van der Waals surface area contributed by atoms with Crippen molar-refractivity contribution in [2.24, 2.45) is 0 Å². The van der Waals surface area contributed by atoms with Gasteiger partial charge in [0.05, 0.1) is 26.2 Å². The molecular formula is C14H19N6O2+. The number of nitrogens with zero attached hydrogens (tertiary/aromatic N) is 3. The number of anilines is 2. The van der Waals surface area contributed by atoms with Crippen LogP contribution in [0.15, 0.2) is 18.2 Å². The molecule has 0 radical (unpaired) electrons. The first-order chi connectivity index (χ1) is 10.8. The summed E-state index contributed by atoms with van der Waals surface area (Å²) in [6.45, 7) is 5.25. The second-order valence-electron chi connectivity index (χ2n) is 5.62. The largest absolute Gasteiger partial charge is 0.454 e. The number of quaternary nitrogens is 1. The van der Waals surface area contributed by atoms with E-state index in [1.807, 2.05) is 6.07 Å². The summed E-state index contributed by atoms with van der Waals surface area (Å²) in [6, 6.07) is 6.18. The summed E-state index contributed by atoms with van der Waals surface area (Å²) in [5, 5.41) is 6.80. The zero-order valence-corrected chi connectivity index (χ0v) is 12.2. The first-order valence-corrected chi connectivity index (χ1v) is 7.43. The van der Waals surface area contributed by atoms with E-state index in [1.54, 1.807) is 4.90 Å². The van der Waals surface area contributed by atoms with Gasteiger partial charge in [-0.2, -0.15) is 4.98 Å². The van der Waals surface area contributed by atoms with E-state index in [2.05, 4.69) is 32.2 Å². The van der Waals surface area contributed by atoms with E-state index in [0.717, 1.165) is 44.2 Å². The zero-order valence-electron chi connectivity index (χ0n) is 12.2. The van der Waals surface area contributed by atoms with Gasteiger partial charge in [-0.05, 0) is 18.2 Å². The van der Waals surface area contributed by atoms with Crippen LogP contribution in [0.1, 0.15) is 5.56 Å². The first-order valence-electron chi connectivity index (χ1n) is 7.43. The Labute approximate surface area is 127 Å². The summed E-state index contributed by atoms with van der Waals surface area (Å²) in [5.41, 5.74) is 6.85. The average molecular weight is 303 g/mol. The number of fused-ring (bicyclic) bond motifs is 1. The van der Waals surface area contributed by atoms with Crippen LogP contribution in [0.5, 0.6) is 11.5 Å². The molecule has 4 rings (SSSR count). The summed E-state index contributed by atoms with van der Waals surface area (Å²) >= 11 is 0. The summed E-state index contributed by atoms with van der Waals surface area (Å²) in [5.74, 6) is 2.75. The Hall–Kier alpha value is -2.48. The number of piperazine rings is 1. The minimum atomic E-state index is 0.324. The van der Waals surface area contributed by atoms with E-state index in [9.17, 15) is 0 Å². The Morgan fingerprint density at radius 1 is 1.23 bits per heavy atom. The molecule has 8 nitrogen and oxygen atoms in total. The third kappa shape index (κ3) is 2.52. The van der Waals surface area contributed by atoms with E-state index in [1.165, 1.54) is 5.56 Å². The van der Waals surface area contributed by atoms with Gasteiger partial charge >= 0.3 is 0 Å². The molecule has 0 unspecified atom stereocenters. The number of nitrogen functional groups attached to an aromatic ring is 1. The highest BCUT2D eigenvalue weighted by Gasteiger charge is 2.23. The molecule has 4 N–H and O–H groups in total. The van der Waals surface area contributed by atoms with Gasteiger partial charge < -0.3 is 25.0 Å². The predicted octanol–water partition coefficient (Wildman–Crippen LogP) is -0.979. The SMILES string of the molecule is Nc1nc(N2CC[NH+](Cc3ccc4c(c3)OCO4)CC2)n[nH]1. The van der Waals surface area contributed by atoms with E-state index < -0.39 is 0 Å². The summed E-state index contributed by atoms with van der Waals surface area (Å²) in [7, 11) is 0. The Morgan fingerprint density at radius 3 is 2.82 bits per heavy atom. The van der Waals surface area contributed by atoms with Crippen molar-refractivity contribution in [1.82, 2.24) is 15.2 Å². The number of aromatic nitrogens is 3. The smallest absolute Gasteiger partial charge is 0.246 e. The van der Waals surface area contributed by atoms with Crippen molar-refractivity contribution in [3.05, 3.63) is 23.8 Å². The van der Waals surface area contributed by atoms with Crippen molar-refractivity contribution in [3.63, 3.8) is 0 Å². The molecule has 0 spiro atoms. The monoisotopic (exact) mass is 303 g/mol. The van der Waals surface area contributed by atoms with Gasteiger partial charge in [0.15, 0.2) is 11.5 Å². The second-order valence-corrected chi connectivity index (χ2v) is 5.62. The molecule has 1 aromatic carbocycles. The van der Waals surface area contributed by atoms with Crippen LogP contribution in [0.4, 0.5) is 11.9 Å². The molecule has 0 amide bonds. The second kappa shape index (κ2) is 5.38. The van der Waals surface area contributed by atoms with Crippen LogP contribution in [0, 0.1) is 0 Å². The van der Waals surface area contributed by atoms with Crippen LogP contribution in [0.3, 0.4) is 0 Å². The van der Waals surface area contributed by atoms with E-state index in [-0.39, 0.29) is 0 Å². The van der Waals surface area contributed by atoms with Gasteiger partial charge in [-0.3, -0.25) is 0 Å². The normalized spacial score (nSPS) is 17.9. The Balaban J connectivity index is 1.36. The molecular weight excluding hydrogens is 284 g/mol. The number of H-pyrrole nitrogens is 1. The number of hydrogen-bond donors (Lipinski definition) is 3. The third-order valence-electron chi connectivity index (χ3n) is 4.14. The number of nitrogens with two attached hydrogens (primary N) is 1. The molecule has 0 bridgehead atoms. The fraction of sp³-hybridized carbons (Fsp3) is 0.429. The van der Waals surface area contributed by atoms with Crippen LogP contribution in [0.25, 0.3) is 0 Å². The minimum Gasteiger partial charge on any atom is -0.454 e. The number of ether oxygens (including phenoxy) is 2. The van der Waals surface area contributed by atoms with Crippen LogP contribution < -0.4 is 25.0 Å². The summed E-state index contributed by atoms with van der Waals surface area (Å²) < 4.78 is 10.8. The molecule has 0 aliphatic carbocycles. The molecule has 2 aliphatic heterocycles. The standard InChI is InChI=1S/C14H18N6O2/c15-13-16-14(18-17-13)20-5-3-19(4-6-20)8-10-1-2-11-12(7-10)22-9-21-11/h1-2,7H,3-6,8-9H2,(H3,15,16,17,18)/p+1. The molecule has 2 aliphatic rings. The molecule has 1 saturated heterocycles. The van der Waals surface area contributed by atoms with Crippen LogP contribution in [-0.2, 0) is 6.54 Å². The van der Waals surface area contributed by atoms with Crippen molar-refractivity contribution in [1.29, 1.82) is 0 Å². The minimum absolute atomic E-state index is 0.324. The van der Waals surface area contributed by atoms with Gasteiger partial charge in [-0.25, -0.2) is 5.10 Å². The number of hydrogen-bond acceptors (Lipinski definition) is 6. The zero-order chi connectivity index (χ0) is 14.9. The van der Waals surface area contributed by atoms with E-state index in [0.29, 0.717) is 18.7 Å². The predicted molar refractivity (Wildman–Crippen MR) is 80.0 cm³/mol. The highest BCUT2D eigenvalue weighted by atomic mass is 16.7. The molecule has 116 valence electrons. The molecule has 8 heteroatoms. The van der Waals surface area contributed by atoms with Crippen molar-refractivity contribution in [2.75, 3.05) is 43.6 Å². The summed E-state index contributed by atoms with van der Waals surface area (Å²) in [6.07, 6.45) is 0. The lowest BCUT2D eigenvalue weighted by Crippen LogP contribution is -3.13. The fourth-order valence-electron chi connectivity index (χ4n) is 2.95. The van der Waals surface area contributed by atoms with Gasteiger partial charge in [0.25, 0.3) is 0 Å². The topological polar surface area (TPSA) is 93.7 Å². The quantitative estimate of drug-likeness (QED) is 0.675. The molecule has 3 heterocycles. The van der Waals surface area contributed by atoms with Gasteiger partial charge in [0, 0.05) is 5.56 Å². The van der Waals surface area contributed by atoms with Gasteiger partial charge in [0.2, 0.25) is 18.7 Å². The molecule has 0 saturated carbocycles. The first kappa shape index (κ1) is 13.2. The van der Waals surface area contributed by atoms with E-state index >= 15 is 0 Å². The van der Waals surface area contributed by atoms with Crippen LogP contribution in [0.2, 0.25) is 0 Å². The lowest BCUT2D eigenvalue weighted by molar-refractivity contribution is -0.914. The molecule has 22 heavy (non-hydrogen) atoms. The molecule has 1 fully saturated rings. The van der Waals surface area contributed by atoms with Crippen molar-refractivity contribution >= 4 is 11.9 Å². The van der Waals surface area contributed by atoms with E-state index in [4.69, 9.17) is 15.2 Å². The molecule has 1 aromatic heterocycles. The Bertz CT molecular complexity index is 665. The van der Waals surface area contributed by atoms with Gasteiger partial charge in [-0.15, -0.1) is 5.10 Å². The maximum Gasteiger partial charge on any atom is 0.246 e. The fourth-order valence-corrected chi connectivity index (χ4v) is 2.95. The average Bonchev–Trinajstić information content (AvgIpc) is 3.16. The van der Waals surface area contributed by atoms with Gasteiger partial charge in [0.1, 0.15) is 6.54 Å². The highest BCUT2D eigenvalue weighted by molar-refractivity contribution is 5.44. The van der Waals surface area contributed by atoms with Crippen molar-refractivity contribution in [3.8, 4) is 11.5 Å². The summed E-state index contributed by atoms with van der Waals surface area (Å²) in [4.78, 5) is 7.88. The maximum atomic E-state index is 5.58. The highest BCUT2D eigenvalue weighted by Crippen LogP contribution is 2.32. The van der Waals surface area contributed by atoms with Crippen molar-refractivity contribution < 1.29 is 14.4 Å².